The van der Waals surface area contributed by atoms with Crippen LogP contribution in [0.1, 0.15) is 89.5 Å². The predicted octanol–water partition coefficient (Wildman–Crippen LogP) is 9.17. The number of hydrogen-bond acceptors (Lipinski definition) is 4. The molecule has 2 aromatic rings. The summed E-state index contributed by atoms with van der Waals surface area (Å²) in [4.78, 5) is 14.2. The van der Waals surface area contributed by atoms with Crippen molar-refractivity contribution >= 4 is 24.1 Å². The predicted molar refractivity (Wildman–Crippen MR) is 174 cm³/mol. The van der Waals surface area contributed by atoms with Crippen LogP contribution >= 0.6 is 12.6 Å². The number of carbonyl (C=O) groups is 1. The summed E-state index contributed by atoms with van der Waals surface area (Å²) in [7, 11) is 2.16. The molecular formula is C35H51FN2OS. The molecule has 0 aliphatic carbocycles. The average molecular weight is 567 g/mol. The summed E-state index contributed by atoms with van der Waals surface area (Å²) >= 11 is 4.60. The number of nitrogens with one attached hydrogen (secondary N) is 1. The van der Waals surface area contributed by atoms with E-state index in [0.717, 1.165) is 42.6 Å². The maximum Gasteiger partial charge on any atom is 0.133 e. The summed E-state index contributed by atoms with van der Waals surface area (Å²) in [5, 5.41) is 3.73. The molecule has 0 amide bonds. The Morgan fingerprint density at radius 3 is 2.30 bits per heavy atom. The van der Waals surface area contributed by atoms with Crippen molar-refractivity contribution in [3.05, 3.63) is 88.4 Å². The van der Waals surface area contributed by atoms with E-state index < -0.39 is 0 Å². The molecule has 0 radical (unpaired) electrons. The summed E-state index contributed by atoms with van der Waals surface area (Å²) in [5.74, 6) is 0.725. The van der Waals surface area contributed by atoms with Gasteiger partial charge in [-0.05, 0) is 83.2 Å². The van der Waals surface area contributed by atoms with Crippen LogP contribution in [0.3, 0.4) is 0 Å². The molecule has 5 heteroatoms. The lowest BCUT2D eigenvalue weighted by Crippen LogP contribution is -2.22. The number of aryl methyl sites for hydroxylation is 2. The van der Waals surface area contributed by atoms with E-state index in [2.05, 4.69) is 95.4 Å². The van der Waals surface area contributed by atoms with Crippen LogP contribution in [0.2, 0.25) is 0 Å². The monoisotopic (exact) mass is 566 g/mol. The standard InChI is InChI=1S/C35H51FN2OS/c1-9-10-33(39)18-16-30-15-17-32(21-34(30)36)37-22-28-12-14-29(13-11-27(7)40)31(20-28)23-38(8)35(25(4)5)19-26(6)24(2)3/h12,14-15,17,19-21,24-25,27,37,40H,6,9-11,13,16,18,22-23H2,1-5,7-8H3/b35-19-. The van der Waals surface area contributed by atoms with Crippen molar-refractivity contribution in [2.75, 3.05) is 12.4 Å². The van der Waals surface area contributed by atoms with E-state index in [1.54, 1.807) is 6.07 Å². The normalized spacial score (nSPS) is 12.6. The molecule has 0 saturated carbocycles. The average Bonchev–Trinajstić information content (AvgIpc) is 2.89. The van der Waals surface area contributed by atoms with Gasteiger partial charge in [-0.15, -0.1) is 0 Å². The molecule has 0 saturated heterocycles. The lowest BCUT2D eigenvalue weighted by atomic mass is 9.97. The quantitative estimate of drug-likeness (QED) is 0.148. The molecule has 0 aliphatic rings. The minimum Gasteiger partial charge on any atom is -0.381 e. The Balaban J connectivity index is 2.20. The van der Waals surface area contributed by atoms with Gasteiger partial charge >= 0.3 is 0 Å². The minimum absolute atomic E-state index is 0.193. The summed E-state index contributed by atoms with van der Waals surface area (Å²) in [6.45, 7) is 18.6. The van der Waals surface area contributed by atoms with E-state index >= 15 is 0 Å². The largest absolute Gasteiger partial charge is 0.381 e. The van der Waals surface area contributed by atoms with E-state index in [1.165, 1.54) is 22.9 Å². The van der Waals surface area contributed by atoms with E-state index in [9.17, 15) is 9.18 Å². The third kappa shape index (κ3) is 11.2. The van der Waals surface area contributed by atoms with Gasteiger partial charge in [-0.3, -0.25) is 4.79 Å². The third-order valence-electron chi connectivity index (χ3n) is 7.37. The molecule has 2 aromatic carbocycles. The highest BCUT2D eigenvalue weighted by Crippen LogP contribution is 2.25. The highest BCUT2D eigenvalue weighted by Gasteiger charge is 2.15. The molecule has 2 rings (SSSR count). The maximum absolute atomic E-state index is 14.7. The summed E-state index contributed by atoms with van der Waals surface area (Å²) in [6.07, 6.45) is 6.49. The minimum atomic E-state index is -0.260. The fourth-order valence-electron chi connectivity index (χ4n) is 4.71. The first-order valence-corrected chi connectivity index (χ1v) is 15.4. The molecule has 1 atom stereocenters. The number of thiol groups is 1. The van der Waals surface area contributed by atoms with Gasteiger partial charge in [-0.2, -0.15) is 12.6 Å². The zero-order chi connectivity index (χ0) is 29.8. The second kappa shape index (κ2) is 16.7. The fourth-order valence-corrected chi connectivity index (χ4v) is 4.84. The second-order valence-corrected chi connectivity index (χ2v) is 12.6. The zero-order valence-corrected chi connectivity index (χ0v) is 26.7. The van der Waals surface area contributed by atoms with Crippen molar-refractivity contribution in [2.24, 2.45) is 11.8 Å². The van der Waals surface area contributed by atoms with Gasteiger partial charge in [0.25, 0.3) is 0 Å². The molecular weight excluding hydrogens is 515 g/mol. The van der Waals surface area contributed by atoms with Crippen molar-refractivity contribution in [1.29, 1.82) is 0 Å². The zero-order valence-electron chi connectivity index (χ0n) is 25.8. The molecule has 0 fully saturated rings. The molecule has 0 aliphatic heterocycles. The van der Waals surface area contributed by atoms with Gasteiger partial charge in [0.15, 0.2) is 0 Å². The van der Waals surface area contributed by atoms with Crippen LogP contribution in [-0.4, -0.2) is 23.0 Å². The van der Waals surface area contributed by atoms with Gasteiger partial charge in [0.1, 0.15) is 11.6 Å². The number of Topliss-reactive ketones (excluding diaryl/α,β-unsaturated/α-hetero) is 1. The molecule has 1 N–H and O–H groups in total. The SMILES string of the molecule is C=C(/C=C(/C(C)C)N(C)Cc1cc(CNc2ccc(CCC(=O)CCC)c(F)c2)ccc1CCC(C)S)C(C)C. The Hall–Kier alpha value is -2.53. The van der Waals surface area contributed by atoms with Crippen molar-refractivity contribution in [3.63, 3.8) is 0 Å². The van der Waals surface area contributed by atoms with Gasteiger partial charge in [-0.25, -0.2) is 4.39 Å². The van der Waals surface area contributed by atoms with Crippen LogP contribution < -0.4 is 5.32 Å². The fraction of sp³-hybridized carbons (Fsp3) is 0.514. The summed E-state index contributed by atoms with van der Waals surface area (Å²) < 4.78 is 14.7. The molecule has 1 unspecified atom stereocenters. The van der Waals surface area contributed by atoms with Crippen LogP contribution in [-0.2, 0) is 30.7 Å². The second-order valence-electron chi connectivity index (χ2n) is 11.7. The van der Waals surface area contributed by atoms with Gasteiger partial charge < -0.3 is 10.2 Å². The lowest BCUT2D eigenvalue weighted by Gasteiger charge is -2.28. The number of rotatable bonds is 17. The van der Waals surface area contributed by atoms with Crippen molar-refractivity contribution in [2.45, 2.75) is 98.4 Å². The number of hydrogen-bond donors (Lipinski definition) is 2. The first kappa shape index (κ1) is 33.7. The number of benzene rings is 2. The number of anilines is 1. The molecule has 0 heterocycles. The van der Waals surface area contributed by atoms with Gasteiger partial charge in [0.05, 0.1) is 0 Å². The number of carbonyl (C=O) groups excluding carboxylic acids is 1. The first-order chi connectivity index (χ1) is 18.9. The third-order valence-corrected chi connectivity index (χ3v) is 7.63. The topological polar surface area (TPSA) is 32.3 Å². The number of nitrogens with zero attached hydrogens (tertiary/aromatic N) is 1. The van der Waals surface area contributed by atoms with Gasteiger partial charge in [0, 0.05) is 44.4 Å². The van der Waals surface area contributed by atoms with Gasteiger partial charge in [0.2, 0.25) is 0 Å². The molecule has 0 aromatic heterocycles. The number of allylic oxidation sites excluding steroid dienone is 3. The summed E-state index contributed by atoms with van der Waals surface area (Å²) in [6, 6.07) is 11.9. The van der Waals surface area contributed by atoms with Crippen LogP contribution in [0, 0.1) is 17.7 Å². The smallest absolute Gasteiger partial charge is 0.133 e. The molecule has 0 spiro atoms. The lowest BCUT2D eigenvalue weighted by molar-refractivity contribution is -0.119. The van der Waals surface area contributed by atoms with E-state index in [4.69, 9.17) is 0 Å². The van der Waals surface area contributed by atoms with Crippen molar-refractivity contribution < 1.29 is 9.18 Å². The molecule has 0 bridgehead atoms. The highest BCUT2D eigenvalue weighted by molar-refractivity contribution is 7.80. The highest BCUT2D eigenvalue weighted by atomic mass is 32.1. The number of ketones is 1. The first-order valence-electron chi connectivity index (χ1n) is 14.8. The van der Waals surface area contributed by atoms with Crippen LogP contribution in [0.5, 0.6) is 0 Å². The molecule has 40 heavy (non-hydrogen) atoms. The Labute approximate surface area is 248 Å². The van der Waals surface area contributed by atoms with Crippen LogP contribution in [0.4, 0.5) is 10.1 Å². The number of halogens is 1. The van der Waals surface area contributed by atoms with Crippen LogP contribution in [0.25, 0.3) is 0 Å². The maximum atomic E-state index is 14.7. The summed E-state index contributed by atoms with van der Waals surface area (Å²) in [5.41, 5.74) is 7.56. The van der Waals surface area contributed by atoms with E-state index in [-0.39, 0.29) is 11.6 Å². The molecule has 3 nitrogen and oxygen atoms in total. The Bertz CT molecular complexity index is 1150. The van der Waals surface area contributed by atoms with Gasteiger partial charge in [-0.1, -0.05) is 78.0 Å². The van der Waals surface area contributed by atoms with Crippen LogP contribution in [0.15, 0.2) is 60.3 Å². The Morgan fingerprint density at radius 2 is 1.70 bits per heavy atom. The van der Waals surface area contributed by atoms with E-state index in [0.29, 0.717) is 48.5 Å². The molecule has 220 valence electrons. The van der Waals surface area contributed by atoms with E-state index in [1.807, 2.05) is 13.0 Å². The Morgan fingerprint density at radius 1 is 1.00 bits per heavy atom. The van der Waals surface area contributed by atoms with Crippen molar-refractivity contribution in [1.82, 2.24) is 4.90 Å². The van der Waals surface area contributed by atoms with Crippen molar-refractivity contribution in [3.8, 4) is 0 Å². The Kier molecular flexibility index (Phi) is 14.0.